The number of piperidine rings is 2. The van der Waals surface area contributed by atoms with Crippen LogP contribution in [0.4, 0.5) is 17.6 Å². The van der Waals surface area contributed by atoms with E-state index in [1.165, 1.54) is 11.0 Å². The number of hydrogen-bond acceptors (Lipinski definition) is 4. The fraction of sp³-hybridized carbons (Fsp3) is 0.548. The minimum Gasteiger partial charge on any atom is -0.493 e. The molecule has 5 rings (SSSR count). The molecule has 3 aliphatic rings. The van der Waals surface area contributed by atoms with Gasteiger partial charge in [-0.05, 0) is 87.7 Å². The number of amides is 2. The molecule has 1 unspecified atom stereocenters. The first-order valence-corrected chi connectivity index (χ1v) is 14.5. The molecule has 2 amide bonds. The Kier molecular flexibility index (Phi) is 8.59. The predicted molar refractivity (Wildman–Crippen MR) is 147 cm³/mol. The van der Waals surface area contributed by atoms with Gasteiger partial charge in [0.2, 0.25) is 5.91 Å². The number of alkyl halides is 3. The maximum Gasteiger partial charge on any atom is 0.395 e. The molecule has 0 bridgehead atoms. The highest BCUT2D eigenvalue weighted by molar-refractivity contribution is 6.02. The van der Waals surface area contributed by atoms with Crippen molar-refractivity contribution in [2.45, 2.75) is 63.6 Å². The molecule has 2 N–H and O–H groups in total. The predicted octanol–water partition coefficient (Wildman–Crippen LogP) is 5.80. The zero-order valence-electron chi connectivity index (χ0n) is 23.1. The third-order valence-corrected chi connectivity index (χ3v) is 9.11. The molecule has 2 saturated heterocycles. The van der Waals surface area contributed by atoms with E-state index in [4.69, 9.17) is 10.5 Å². The van der Waals surface area contributed by atoms with Crippen LogP contribution in [-0.4, -0.2) is 66.6 Å². The van der Waals surface area contributed by atoms with Crippen LogP contribution in [-0.2, 0) is 4.79 Å². The van der Waals surface area contributed by atoms with Gasteiger partial charge in [-0.25, -0.2) is 4.39 Å². The number of ether oxygens (including phenoxy) is 1. The van der Waals surface area contributed by atoms with Gasteiger partial charge < -0.3 is 20.3 Å². The molecule has 2 heterocycles. The summed E-state index contributed by atoms with van der Waals surface area (Å²) < 4.78 is 61.9. The van der Waals surface area contributed by atoms with Crippen LogP contribution in [0.1, 0.15) is 61.7 Å². The molecule has 1 saturated carbocycles. The second kappa shape index (κ2) is 12.0. The van der Waals surface area contributed by atoms with Crippen molar-refractivity contribution in [3.8, 4) is 16.9 Å². The van der Waals surface area contributed by atoms with Gasteiger partial charge in [0.1, 0.15) is 17.6 Å². The summed E-state index contributed by atoms with van der Waals surface area (Å²) in [7, 11) is 0. The van der Waals surface area contributed by atoms with Gasteiger partial charge in [0, 0.05) is 30.3 Å². The lowest BCUT2D eigenvalue weighted by Gasteiger charge is -2.47. The van der Waals surface area contributed by atoms with Gasteiger partial charge in [0.25, 0.3) is 5.91 Å². The van der Waals surface area contributed by atoms with E-state index in [2.05, 4.69) is 0 Å². The molecular weight excluding hydrogens is 538 g/mol. The highest BCUT2D eigenvalue weighted by atomic mass is 19.4. The lowest BCUT2D eigenvalue weighted by Crippen LogP contribution is -2.53. The number of carbonyl (C=O) groups excluding carboxylic acids is 2. The second-order valence-corrected chi connectivity index (χ2v) is 11.8. The number of primary amides is 1. The third-order valence-electron chi connectivity index (χ3n) is 9.11. The Morgan fingerprint density at radius 2 is 1.68 bits per heavy atom. The van der Waals surface area contributed by atoms with Crippen molar-refractivity contribution >= 4 is 11.8 Å². The fourth-order valence-corrected chi connectivity index (χ4v) is 6.42. The van der Waals surface area contributed by atoms with E-state index in [1.807, 2.05) is 4.90 Å². The van der Waals surface area contributed by atoms with Crippen molar-refractivity contribution in [2.75, 3.05) is 32.8 Å². The first kappa shape index (κ1) is 29.4. The summed E-state index contributed by atoms with van der Waals surface area (Å²) >= 11 is 0. The average molecular weight is 576 g/mol. The maximum absolute atomic E-state index is 15.4. The molecule has 0 spiro atoms. The number of halogens is 4. The maximum atomic E-state index is 15.4. The molecule has 3 fully saturated rings. The largest absolute Gasteiger partial charge is 0.493 e. The summed E-state index contributed by atoms with van der Waals surface area (Å²) in [5.74, 6) is -0.905. The van der Waals surface area contributed by atoms with Crippen LogP contribution in [0.5, 0.6) is 5.75 Å². The van der Waals surface area contributed by atoms with Crippen LogP contribution >= 0.6 is 0 Å². The van der Waals surface area contributed by atoms with Gasteiger partial charge in [0.05, 0.1) is 12.0 Å². The van der Waals surface area contributed by atoms with Gasteiger partial charge in [0.15, 0.2) is 0 Å². The standard InChI is InChI=1S/C31H37F4N3O3/c32-26-18-22(41-19-21-11-16-37(17-12-21)20-30(13-5-14-30)31(33,34)35)9-10-24(26)23-6-1-2-7-25(23)29(40)38-15-4-3-8-27(38)28(36)39/h1-2,6-7,9-10,18,21,27H,3-5,8,11-17,19-20H2,(H2,36,39). The Morgan fingerprint density at radius 3 is 2.32 bits per heavy atom. The van der Waals surface area contributed by atoms with Crippen molar-refractivity contribution in [2.24, 2.45) is 17.1 Å². The van der Waals surface area contributed by atoms with E-state index in [0.717, 1.165) is 25.7 Å². The molecule has 41 heavy (non-hydrogen) atoms. The monoisotopic (exact) mass is 575 g/mol. The SMILES string of the molecule is NC(=O)C1CCCCN1C(=O)c1ccccc1-c1ccc(OCC2CCN(CC3(C(F)(F)F)CCC3)CC2)cc1F. The molecule has 2 aromatic carbocycles. The molecule has 222 valence electrons. The summed E-state index contributed by atoms with van der Waals surface area (Å²) in [5.41, 5.74) is 4.97. The van der Waals surface area contributed by atoms with Crippen LogP contribution < -0.4 is 10.5 Å². The Labute approximate surface area is 237 Å². The van der Waals surface area contributed by atoms with Gasteiger partial charge in [-0.3, -0.25) is 9.59 Å². The van der Waals surface area contributed by atoms with E-state index in [1.54, 1.807) is 36.4 Å². The smallest absolute Gasteiger partial charge is 0.395 e. The number of nitrogens with two attached hydrogens (primary N) is 1. The Balaban J connectivity index is 1.20. The van der Waals surface area contributed by atoms with Gasteiger partial charge >= 0.3 is 6.18 Å². The first-order valence-electron chi connectivity index (χ1n) is 14.5. The molecule has 10 heteroatoms. The number of nitrogens with zero attached hydrogens (tertiary/aromatic N) is 2. The molecule has 0 aromatic heterocycles. The molecule has 1 aliphatic carbocycles. The minimum absolute atomic E-state index is 0.0711. The topological polar surface area (TPSA) is 75.9 Å². The first-order chi connectivity index (χ1) is 19.6. The van der Waals surface area contributed by atoms with Crippen molar-refractivity contribution in [1.29, 1.82) is 0 Å². The van der Waals surface area contributed by atoms with Crippen molar-refractivity contribution in [1.82, 2.24) is 9.80 Å². The van der Waals surface area contributed by atoms with Crippen LogP contribution in [0, 0.1) is 17.2 Å². The molecule has 2 aromatic rings. The van der Waals surface area contributed by atoms with Crippen molar-refractivity contribution < 1.29 is 31.9 Å². The summed E-state index contributed by atoms with van der Waals surface area (Å²) in [6.07, 6.45) is 0.455. The van der Waals surface area contributed by atoms with E-state index in [9.17, 15) is 22.8 Å². The summed E-state index contributed by atoms with van der Waals surface area (Å²) in [4.78, 5) is 28.8. The number of benzene rings is 2. The molecule has 6 nitrogen and oxygen atoms in total. The second-order valence-electron chi connectivity index (χ2n) is 11.8. The quantitative estimate of drug-likeness (QED) is 0.404. The molecule has 0 radical (unpaired) electrons. The van der Waals surface area contributed by atoms with E-state index in [0.29, 0.717) is 56.0 Å². The highest BCUT2D eigenvalue weighted by Gasteiger charge is 2.58. The molecule has 2 aliphatic heterocycles. The summed E-state index contributed by atoms with van der Waals surface area (Å²) in [5, 5.41) is 0. The van der Waals surface area contributed by atoms with Gasteiger partial charge in [-0.1, -0.05) is 24.6 Å². The number of carbonyl (C=O) groups is 2. The van der Waals surface area contributed by atoms with Crippen LogP contribution in [0.2, 0.25) is 0 Å². The zero-order chi connectivity index (χ0) is 29.2. The lowest BCUT2D eigenvalue weighted by atomic mass is 9.67. The Morgan fingerprint density at radius 1 is 0.951 bits per heavy atom. The fourth-order valence-electron chi connectivity index (χ4n) is 6.42. The molecular formula is C31H37F4N3O3. The zero-order valence-corrected chi connectivity index (χ0v) is 23.1. The van der Waals surface area contributed by atoms with E-state index < -0.39 is 29.4 Å². The van der Waals surface area contributed by atoms with E-state index >= 15 is 4.39 Å². The minimum atomic E-state index is -4.16. The number of rotatable bonds is 8. The number of hydrogen-bond donors (Lipinski definition) is 1. The summed E-state index contributed by atoms with van der Waals surface area (Å²) in [6, 6.07) is 10.6. The van der Waals surface area contributed by atoms with Crippen LogP contribution in [0.3, 0.4) is 0 Å². The highest BCUT2D eigenvalue weighted by Crippen LogP contribution is 2.53. The third kappa shape index (κ3) is 6.22. The van der Waals surface area contributed by atoms with Gasteiger partial charge in [-0.2, -0.15) is 13.2 Å². The number of likely N-dealkylation sites (tertiary alicyclic amines) is 2. The van der Waals surface area contributed by atoms with Crippen LogP contribution in [0.25, 0.3) is 11.1 Å². The normalized spacial score (nSPS) is 21.8. The summed E-state index contributed by atoms with van der Waals surface area (Å²) in [6.45, 7) is 2.03. The van der Waals surface area contributed by atoms with Crippen molar-refractivity contribution in [3.63, 3.8) is 0 Å². The van der Waals surface area contributed by atoms with Crippen molar-refractivity contribution in [3.05, 3.63) is 53.8 Å². The van der Waals surface area contributed by atoms with E-state index in [-0.39, 0.29) is 36.8 Å². The van der Waals surface area contributed by atoms with Crippen LogP contribution in [0.15, 0.2) is 42.5 Å². The average Bonchev–Trinajstić information content (AvgIpc) is 2.93. The van der Waals surface area contributed by atoms with Gasteiger partial charge in [-0.15, -0.1) is 0 Å². The Bertz CT molecular complexity index is 1260. The Hall–Kier alpha value is -3.14. The molecule has 1 atom stereocenters. The lowest BCUT2D eigenvalue weighted by molar-refractivity contribution is -0.256.